The Hall–Kier alpha value is -3.20. The number of nitrogens with zero attached hydrogens (tertiary/aromatic N) is 2. The highest BCUT2D eigenvalue weighted by Crippen LogP contribution is 2.21. The minimum atomic E-state index is -0.987. The first-order valence-corrected chi connectivity index (χ1v) is 10.9. The van der Waals surface area contributed by atoms with Crippen LogP contribution in [0, 0.1) is 7.14 Å². The molecule has 0 amide bonds. The number of fused-ring (bicyclic) bond motifs is 1. The minimum Gasteiger partial charge on any atom is -0.869 e. The molecule has 4 aromatic rings. The Morgan fingerprint density at radius 3 is 2.62 bits per heavy atom. The van der Waals surface area contributed by atoms with Crippen LogP contribution in [0.2, 0.25) is 0 Å². The van der Waals surface area contributed by atoms with Gasteiger partial charge in [0.15, 0.2) is 3.57 Å². The second-order valence-corrected chi connectivity index (χ2v) is 8.95. The van der Waals surface area contributed by atoms with Crippen LogP contribution in [-0.2, 0) is 4.74 Å². The number of halogens is 1. The third-order valence-electron chi connectivity index (χ3n) is 4.30. The van der Waals surface area contributed by atoms with E-state index in [0.29, 0.717) is 16.6 Å². The fraction of sp³-hybridized carbons (Fsp3) is 0.0455. The largest absolute Gasteiger partial charge is 0.869 e. The van der Waals surface area contributed by atoms with Gasteiger partial charge in [0.1, 0.15) is 5.65 Å². The van der Waals surface area contributed by atoms with E-state index in [1.54, 1.807) is 36.4 Å². The highest BCUT2D eigenvalue weighted by molar-refractivity contribution is 5.90. The number of carbonyl (C=O) groups is 1. The molecule has 144 valence electrons. The fourth-order valence-corrected chi connectivity index (χ4v) is 5.37. The van der Waals surface area contributed by atoms with Crippen molar-refractivity contribution in [2.24, 2.45) is 0 Å². The summed E-state index contributed by atoms with van der Waals surface area (Å²) in [4.78, 5) is 29.6. The number of benzene rings is 2. The van der Waals surface area contributed by atoms with E-state index in [9.17, 15) is 14.7 Å². The average molecular weight is 498 g/mol. The molecule has 7 heteroatoms. The predicted octanol–water partition coefficient (Wildman–Crippen LogP) is -0.626. The van der Waals surface area contributed by atoms with Gasteiger partial charge in [-0.05, 0) is 42.1 Å². The van der Waals surface area contributed by atoms with Crippen molar-refractivity contribution in [1.82, 2.24) is 9.55 Å². The summed E-state index contributed by atoms with van der Waals surface area (Å²) in [7, 11) is 1.30. The van der Waals surface area contributed by atoms with Crippen molar-refractivity contribution in [2.45, 2.75) is 0 Å². The standard InChI is InChI=1S/C22H15IN2O4/c1-29-22(28)14-7-5-10-16(13-14)25-20-17(11-6-12-24-20)19(26)18(21(25)27)23-15-8-3-2-4-9-15/h2-13H,1H3. The van der Waals surface area contributed by atoms with Gasteiger partial charge in [-0.3, -0.25) is 9.36 Å². The zero-order chi connectivity index (χ0) is 20.4. The quantitative estimate of drug-likeness (QED) is 0.277. The van der Waals surface area contributed by atoms with Crippen molar-refractivity contribution < 1.29 is 35.8 Å². The number of hydrogen-bond donors (Lipinski definition) is 0. The van der Waals surface area contributed by atoms with Gasteiger partial charge < -0.3 is 9.84 Å². The van der Waals surface area contributed by atoms with Crippen molar-refractivity contribution in [2.75, 3.05) is 7.11 Å². The smallest absolute Gasteiger partial charge is 0.363 e. The SMILES string of the molecule is COC(=O)c1cccc(-n2c(=O)c([I+]c3ccccc3)c([O-])c3cccnc32)c1. The van der Waals surface area contributed by atoms with E-state index in [1.165, 1.54) is 17.9 Å². The van der Waals surface area contributed by atoms with E-state index in [0.717, 1.165) is 3.57 Å². The van der Waals surface area contributed by atoms with Crippen molar-refractivity contribution >= 4 is 17.0 Å². The minimum absolute atomic E-state index is 0.263. The molecule has 0 saturated heterocycles. The third kappa shape index (κ3) is 3.61. The molecule has 0 bridgehead atoms. The molecule has 2 aromatic carbocycles. The number of aromatic nitrogens is 2. The molecule has 0 radical (unpaired) electrons. The number of ether oxygens (including phenoxy) is 1. The van der Waals surface area contributed by atoms with Crippen LogP contribution >= 0.6 is 0 Å². The molecule has 6 nitrogen and oxygen atoms in total. The zero-order valence-electron chi connectivity index (χ0n) is 15.3. The zero-order valence-corrected chi connectivity index (χ0v) is 17.5. The van der Waals surface area contributed by atoms with Crippen LogP contribution in [0.4, 0.5) is 0 Å². The molecule has 0 N–H and O–H groups in total. The normalized spacial score (nSPS) is 10.8. The number of rotatable bonds is 4. The predicted molar refractivity (Wildman–Crippen MR) is 102 cm³/mol. The molecule has 0 unspecified atom stereocenters. The van der Waals surface area contributed by atoms with Crippen LogP contribution in [0.25, 0.3) is 16.7 Å². The molecule has 2 aromatic heterocycles. The summed E-state index contributed by atoms with van der Waals surface area (Å²) < 4.78 is 7.42. The second kappa shape index (κ2) is 8.04. The van der Waals surface area contributed by atoms with Crippen molar-refractivity contribution in [3.8, 4) is 11.4 Å². The number of esters is 1. The number of pyridine rings is 2. The first-order valence-electron chi connectivity index (χ1n) is 8.69. The molecular formula is C22H15IN2O4. The number of hydrogen-bond acceptors (Lipinski definition) is 5. The van der Waals surface area contributed by atoms with Gasteiger partial charge in [-0.15, -0.1) is 0 Å². The van der Waals surface area contributed by atoms with Crippen LogP contribution in [0.5, 0.6) is 5.75 Å². The Morgan fingerprint density at radius 2 is 1.86 bits per heavy atom. The Morgan fingerprint density at radius 1 is 1.07 bits per heavy atom. The summed E-state index contributed by atoms with van der Waals surface area (Å²) in [5.41, 5.74) is 0.636. The molecule has 29 heavy (non-hydrogen) atoms. The van der Waals surface area contributed by atoms with Gasteiger partial charge in [-0.2, -0.15) is 0 Å². The number of carbonyl (C=O) groups excluding carboxylic acids is 1. The molecule has 0 aliphatic rings. The molecule has 0 fully saturated rings. The van der Waals surface area contributed by atoms with E-state index < -0.39 is 32.7 Å². The van der Waals surface area contributed by atoms with Crippen LogP contribution in [0.3, 0.4) is 0 Å². The Labute approximate surface area is 176 Å². The van der Waals surface area contributed by atoms with E-state index in [2.05, 4.69) is 4.98 Å². The van der Waals surface area contributed by atoms with Gasteiger partial charge in [-0.25, -0.2) is 9.78 Å². The molecule has 2 heterocycles. The van der Waals surface area contributed by atoms with Crippen LogP contribution in [0.15, 0.2) is 77.7 Å². The fourth-order valence-electron chi connectivity index (χ4n) is 2.96. The first kappa shape index (κ1) is 19.1. The lowest BCUT2D eigenvalue weighted by Crippen LogP contribution is -3.62. The van der Waals surface area contributed by atoms with Crippen molar-refractivity contribution in [3.05, 3.63) is 96.0 Å². The molecule has 0 saturated carbocycles. The molecule has 4 rings (SSSR count). The summed E-state index contributed by atoms with van der Waals surface area (Å²) >= 11 is -0.987. The van der Waals surface area contributed by atoms with Gasteiger partial charge in [0.25, 0.3) is 3.57 Å². The highest BCUT2D eigenvalue weighted by Gasteiger charge is 2.26. The van der Waals surface area contributed by atoms with Gasteiger partial charge >= 0.3 is 32.7 Å². The topological polar surface area (TPSA) is 84.2 Å². The lowest BCUT2D eigenvalue weighted by atomic mass is 10.2. The van der Waals surface area contributed by atoms with E-state index in [4.69, 9.17) is 4.74 Å². The maximum atomic E-state index is 13.4. The van der Waals surface area contributed by atoms with Crippen LogP contribution in [0.1, 0.15) is 10.4 Å². The summed E-state index contributed by atoms with van der Waals surface area (Å²) in [5.74, 6) is -0.787. The maximum absolute atomic E-state index is 13.4. The van der Waals surface area contributed by atoms with Crippen molar-refractivity contribution in [1.29, 1.82) is 0 Å². The summed E-state index contributed by atoms with van der Waals surface area (Å²) in [6, 6.07) is 19.4. The molecule has 0 aliphatic heterocycles. The van der Waals surface area contributed by atoms with Gasteiger partial charge in [-0.1, -0.05) is 30.3 Å². The van der Waals surface area contributed by atoms with Crippen molar-refractivity contribution in [3.63, 3.8) is 0 Å². The molecule has 0 spiro atoms. The Balaban J connectivity index is 1.99. The van der Waals surface area contributed by atoms with Gasteiger partial charge in [0.2, 0.25) is 0 Å². The Kier molecular flexibility index (Phi) is 5.30. The second-order valence-electron chi connectivity index (χ2n) is 6.09. The van der Waals surface area contributed by atoms with Gasteiger partial charge in [0, 0.05) is 11.6 Å². The monoisotopic (exact) mass is 498 g/mol. The summed E-state index contributed by atoms with van der Waals surface area (Å²) in [6.07, 6.45) is 1.54. The van der Waals surface area contributed by atoms with E-state index >= 15 is 0 Å². The van der Waals surface area contributed by atoms with Crippen LogP contribution < -0.4 is 31.9 Å². The highest BCUT2D eigenvalue weighted by atomic mass is 127. The summed E-state index contributed by atoms with van der Waals surface area (Å²) in [5, 5.41) is 13.4. The van der Waals surface area contributed by atoms with Crippen LogP contribution in [-0.4, -0.2) is 22.6 Å². The summed E-state index contributed by atoms with van der Waals surface area (Å²) in [6.45, 7) is 0. The first-order chi connectivity index (χ1) is 14.1. The van der Waals surface area contributed by atoms with E-state index in [-0.39, 0.29) is 15.0 Å². The third-order valence-corrected chi connectivity index (χ3v) is 7.13. The lowest BCUT2D eigenvalue weighted by Gasteiger charge is -2.15. The average Bonchev–Trinajstić information content (AvgIpc) is 2.77. The number of methoxy groups -OCH3 is 1. The maximum Gasteiger partial charge on any atom is 0.363 e. The Bertz CT molecular complexity index is 1270. The van der Waals surface area contributed by atoms with Gasteiger partial charge in [0.05, 0.1) is 18.4 Å². The molecular weight excluding hydrogens is 483 g/mol. The molecule has 0 atom stereocenters. The van der Waals surface area contributed by atoms with E-state index in [1.807, 2.05) is 30.3 Å². The lowest BCUT2D eigenvalue weighted by molar-refractivity contribution is -0.605. The molecule has 0 aliphatic carbocycles.